The maximum atomic E-state index is 10.8. The van der Waals surface area contributed by atoms with Crippen molar-refractivity contribution in [2.24, 2.45) is 4.99 Å². The number of nitriles is 1. The lowest BCUT2D eigenvalue weighted by Gasteiger charge is -1.97. The summed E-state index contributed by atoms with van der Waals surface area (Å²) in [5.41, 5.74) is 1.84. The van der Waals surface area contributed by atoms with Gasteiger partial charge in [-0.15, -0.1) is 11.3 Å². The van der Waals surface area contributed by atoms with E-state index in [-0.39, 0.29) is 10.7 Å². The third-order valence-corrected chi connectivity index (χ3v) is 4.41. The molecular weight excluding hydrogens is 310 g/mol. The molecular formula is C14H10ClN3O2S. The van der Waals surface area contributed by atoms with Crippen LogP contribution in [-0.4, -0.2) is 11.1 Å². The fraction of sp³-hybridized carbons (Fsp3) is 0.143. The van der Waals surface area contributed by atoms with E-state index >= 15 is 0 Å². The minimum atomic E-state index is -0.542. The number of aliphatic imine (C=N–C) groups is 1. The molecule has 0 bridgehead atoms. The van der Waals surface area contributed by atoms with Crippen LogP contribution in [0.2, 0.25) is 5.02 Å². The van der Waals surface area contributed by atoms with E-state index in [9.17, 15) is 10.1 Å². The highest BCUT2D eigenvalue weighted by molar-refractivity contribution is 7.16. The second-order valence-corrected chi connectivity index (χ2v) is 5.91. The molecule has 0 fully saturated rings. The zero-order chi connectivity index (χ0) is 15.6. The normalized spacial score (nSPS) is 10.8. The smallest absolute Gasteiger partial charge is 0.258 e. The third kappa shape index (κ3) is 3.10. The highest BCUT2D eigenvalue weighted by Gasteiger charge is 2.13. The molecule has 0 aliphatic rings. The molecule has 0 aliphatic carbocycles. The van der Waals surface area contributed by atoms with E-state index < -0.39 is 4.92 Å². The quantitative estimate of drug-likeness (QED) is 0.473. The van der Waals surface area contributed by atoms with Gasteiger partial charge in [0.05, 0.1) is 10.5 Å². The highest BCUT2D eigenvalue weighted by Crippen LogP contribution is 2.34. The summed E-state index contributed by atoms with van der Waals surface area (Å²) in [7, 11) is 0. The summed E-state index contributed by atoms with van der Waals surface area (Å²) < 4.78 is 0. The summed E-state index contributed by atoms with van der Waals surface area (Å²) in [4.78, 5) is 15.6. The molecule has 2 aromatic rings. The van der Waals surface area contributed by atoms with Crippen molar-refractivity contribution in [3.05, 3.63) is 54.9 Å². The fourth-order valence-electron chi connectivity index (χ4n) is 1.71. The Kier molecular flexibility index (Phi) is 4.36. The standard InChI is InChI=1S/C14H10ClN3O2S/c1-8-9(2)21-14(11(8)6-16)17-7-10-3-4-12(15)13(5-10)18(19)20/h3-5,7H,1-2H3/b17-7+. The minimum Gasteiger partial charge on any atom is -0.258 e. The van der Waals surface area contributed by atoms with Crippen molar-refractivity contribution in [2.75, 3.05) is 0 Å². The molecule has 1 heterocycles. The van der Waals surface area contributed by atoms with Crippen molar-refractivity contribution in [2.45, 2.75) is 13.8 Å². The Balaban J connectivity index is 2.39. The molecule has 7 heteroatoms. The Morgan fingerprint density at radius 2 is 2.19 bits per heavy atom. The Morgan fingerprint density at radius 1 is 1.48 bits per heavy atom. The SMILES string of the molecule is Cc1sc(/N=C/c2ccc(Cl)c([N+](=O)[O-])c2)c(C#N)c1C. The van der Waals surface area contributed by atoms with Gasteiger partial charge < -0.3 is 0 Å². The molecule has 0 unspecified atom stereocenters. The number of aryl methyl sites for hydroxylation is 1. The van der Waals surface area contributed by atoms with E-state index in [1.165, 1.54) is 29.7 Å². The Hall–Kier alpha value is -2.23. The molecule has 0 N–H and O–H groups in total. The Bertz CT molecular complexity index is 790. The van der Waals surface area contributed by atoms with Crippen LogP contribution < -0.4 is 0 Å². The van der Waals surface area contributed by atoms with Crippen LogP contribution in [0.5, 0.6) is 0 Å². The number of hydrogen-bond donors (Lipinski definition) is 0. The van der Waals surface area contributed by atoms with E-state index in [2.05, 4.69) is 11.1 Å². The molecule has 106 valence electrons. The number of nitrogens with zero attached hydrogens (tertiary/aromatic N) is 3. The molecule has 1 aromatic heterocycles. The van der Waals surface area contributed by atoms with Gasteiger partial charge in [-0.25, -0.2) is 4.99 Å². The van der Waals surface area contributed by atoms with Crippen molar-refractivity contribution >= 4 is 39.8 Å². The van der Waals surface area contributed by atoms with Crippen LogP contribution in [0.25, 0.3) is 0 Å². The number of benzene rings is 1. The first kappa shape index (κ1) is 15.2. The molecule has 0 saturated carbocycles. The summed E-state index contributed by atoms with van der Waals surface area (Å²) in [6.07, 6.45) is 1.49. The number of thiophene rings is 1. The van der Waals surface area contributed by atoms with Gasteiger partial charge in [0.15, 0.2) is 0 Å². The second kappa shape index (κ2) is 6.04. The van der Waals surface area contributed by atoms with Crippen LogP contribution in [0.1, 0.15) is 21.6 Å². The van der Waals surface area contributed by atoms with Crippen molar-refractivity contribution in [3.63, 3.8) is 0 Å². The van der Waals surface area contributed by atoms with Crippen molar-refractivity contribution in [1.29, 1.82) is 5.26 Å². The van der Waals surface area contributed by atoms with Crippen LogP contribution in [-0.2, 0) is 0 Å². The van der Waals surface area contributed by atoms with E-state index in [0.29, 0.717) is 16.1 Å². The second-order valence-electron chi connectivity index (χ2n) is 4.30. The highest BCUT2D eigenvalue weighted by atomic mass is 35.5. The van der Waals surface area contributed by atoms with Crippen LogP contribution in [0, 0.1) is 35.3 Å². The van der Waals surface area contributed by atoms with Gasteiger partial charge in [0, 0.05) is 17.2 Å². The van der Waals surface area contributed by atoms with Gasteiger partial charge in [-0.05, 0) is 31.0 Å². The van der Waals surface area contributed by atoms with E-state index in [1.54, 1.807) is 6.07 Å². The molecule has 0 amide bonds. The monoisotopic (exact) mass is 319 g/mol. The summed E-state index contributed by atoms with van der Waals surface area (Å²) in [5, 5.41) is 20.7. The first-order valence-corrected chi connectivity index (χ1v) is 7.11. The van der Waals surface area contributed by atoms with Crippen molar-refractivity contribution in [3.8, 4) is 6.07 Å². The predicted molar refractivity (Wildman–Crippen MR) is 83.9 cm³/mol. The lowest BCUT2D eigenvalue weighted by molar-refractivity contribution is -0.384. The molecule has 1 aromatic carbocycles. The van der Waals surface area contributed by atoms with Crippen molar-refractivity contribution < 1.29 is 4.92 Å². The Morgan fingerprint density at radius 3 is 2.81 bits per heavy atom. The van der Waals surface area contributed by atoms with Gasteiger partial charge in [0.1, 0.15) is 16.1 Å². The van der Waals surface area contributed by atoms with Gasteiger partial charge in [-0.1, -0.05) is 17.7 Å². The number of nitro benzene ring substituents is 1. The van der Waals surface area contributed by atoms with Gasteiger partial charge in [-0.3, -0.25) is 10.1 Å². The van der Waals surface area contributed by atoms with Crippen LogP contribution in [0.3, 0.4) is 0 Å². The molecule has 2 rings (SSSR count). The number of halogens is 1. The zero-order valence-electron chi connectivity index (χ0n) is 11.3. The third-order valence-electron chi connectivity index (χ3n) is 2.98. The average Bonchev–Trinajstić information content (AvgIpc) is 2.72. The maximum Gasteiger partial charge on any atom is 0.288 e. The van der Waals surface area contributed by atoms with Crippen molar-refractivity contribution in [1.82, 2.24) is 0 Å². The summed E-state index contributed by atoms with van der Waals surface area (Å²) in [6, 6.07) is 6.57. The molecule has 21 heavy (non-hydrogen) atoms. The van der Waals surface area contributed by atoms with E-state index in [1.807, 2.05) is 13.8 Å². The largest absolute Gasteiger partial charge is 0.288 e. The summed E-state index contributed by atoms with van der Waals surface area (Å²) in [5.74, 6) is 0. The van der Waals surface area contributed by atoms with Crippen LogP contribution in [0.4, 0.5) is 10.7 Å². The van der Waals surface area contributed by atoms with E-state index in [4.69, 9.17) is 16.9 Å². The summed E-state index contributed by atoms with van der Waals surface area (Å²) in [6.45, 7) is 3.80. The fourth-order valence-corrected chi connectivity index (χ4v) is 2.85. The molecule has 0 atom stereocenters. The topological polar surface area (TPSA) is 79.3 Å². The zero-order valence-corrected chi connectivity index (χ0v) is 12.8. The van der Waals surface area contributed by atoms with Crippen LogP contribution >= 0.6 is 22.9 Å². The molecule has 5 nitrogen and oxygen atoms in total. The molecule has 0 saturated heterocycles. The lowest BCUT2D eigenvalue weighted by Crippen LogP contribution is -1.91. The van der Waals surface area contributed by atoms with E-state index in [0.717, 1.165) is 10.4 Å². The Labute approximate surface area is 130 Å². The molecule has 0 radical (unpaired) electrons. The number of nitro groups is 1. The first-order valence-electron chi connectivity index (χ1n) is 5.92. The number of hydrogen-bond acceptors (Lipinski definition) is 5. The van der Waals surface area contributed by atoms with Gasteiger partial charge >= 0.3 is 0 Å². The predicted octanol–water partition coefficient (Wildman–Crippen LogP) is 4.55. The maximum absolute atomic E-state index is 10.8. The minimum absolute atomic E-state index is 0.0812. The van der Waals surface area contributed by atoms with Gasteiger partial charge in [0.2, 0.25) is 0 Å². The summed E-state index contributed by atoms with van der Waals surface area (Å²) >= 11 is 7.17. The average molecular weight is 320 g/mol. The van der Waals surface area contributed by atoms with Gasteiger partial charge in [0.25, 0.3) is 5.69 Å². The lowest BCUT2D eigenvalue weighted by atomic mass is 10.2. The van der Waals surface area contributed by atoms with Gasteiger partial charge in [-0.2, -0.15) is 5.26 Å². The van der Waals surface area contributed by atoms with Crippen LogP contribution in [0.15, 0.2) is 23.2 Å². The molecule has 0 spiro atoms. The number of rotatable bonds is 3. The molecule has 0 aliphatic heterocycles. The first-order chi connectivity index (χ1) is 9.93.